The number of nitrogens with zero attached hydrogens (tertiary/aromatic N) is 2. The molecule has 0 spiro atoms. The van der Waals surface area contributed by atoms with E-state index in [1.165, 1.54) is 11.1 Å². The molecule has 2 N–H and O–H groups in total. The lowest BCUT2D eigenvalue weighted by molar-refractivity contribution is -0.114. The highest BCUT2D eigenvalue weighted by molar-refractivity contribution is 7.09. The minimum absolute atomic E-state index is 0.0605. The number of carbonyl (C=O) groups is 1. The fourth-order valence-electron chi connectivity index (χ4n) is 3.96. The molecule has 1 amide bonds. The number of rotatable bonds is 7. The Morgan fingerprint density at radius 3 is 2.71 bits per heavy atom. The Labute approximate surface area is 188 Å². The van der Waals surface area contributed by atoms with Crippen molar-refractivity contribution in [1.29, 1.82) is 0 Å². The number of anilines is 2. The second-order valence-electron chi connectivity index (χ2n) is 8.57. The zero-order valence-corrected chi connectivity index (χ0v) is 19.4. The molecule has 1 aromatic heterocycles. The van der Waals surface area contributed by atoms with E-state index >= 15 is 0 Å². The molecule has 162 valence electrons. The van der Waals surface area contributed by atoms with Gasteiger partial charge in [0.15, 0.2) is 0 Å². The van der Waals surface area contributed by atoms with E-state index in [4.69, 9.17) is 0 Å². The van der Waals surface area contributed by atoms with Crippen LogP contribution in [-0.2, 0) is 17.9 Å². The number of carbonyl (C=O) groups excluding carboxylic acids is 1. The lowest BCUT2D eigenvalue weighted by atomic mass is 10.1. The molecule has 1 aliphatic rings. The molecule has 1 aliphatic heterocycles. The Bertz CT molecular complexity index is 1070. The van der Waals surface area contributed by atoms with Crippen LogP contribution >= 0.6 is 11.3 Å². The lowest BCUT2D eigenvalue weighted by Gasteiger charge is -2.27. The first-order chi connectivity index (χ1) is 14.9. The monoisotopic (exact) mass is 434 g/mol. The van der Waals surface area contributed by atoms with E-state index in [0.29, 0.717) is 12.0 Å². The Morgan fingerprint density at radius 2 is 1.97 bits per heavy atom. The minimum Gasteiger partial charge on any atom is -0.376 e. The van der Waals surface area contributed by atoms with Crippen molar-refractivity contribution in [3.05, 3.63) is 64.0 Å². The Kier molecular flexibility index (Phi) is 6.39. The SMILES string of the molecule is Cc1nc(-c2cccc(NC(=O)CNc3cccc4c3CN(C(C)C(C)C)C4)c2)cs1. The zero-order chi connectivity index (χ0) is 22.0. The molecular weight excluding hydrogens is 404 g/mol. The number of aromatic nitrogens is 1. The van der Waals surface area contributed by atoms with Crippen LogP contribution in [0.4, 0.5) is 11.4 Å². The van der Waals surface area contributed by atoms with E-state index in [-0.39, 0.29) is 12.5 Å². The van der Waals surface area contributed by atoms with E-state index in [2.05, 4.69) is 59.5 Å². The molecule has 0 radical (unpaired) electrons. The van der Waals surface area contributed by atoms with Gasteiger partial charge in [0.05, 0.1) is 17.2 Å². The maximum Gasteiger partial charge on any atom is 0.243 e. The van der Waals surface area contributed by atoms with Crippen LogP contribution < -0.4 is 10.6 Å². The van der Waals surface area contributed by atoms with Crippen molar-refractivity contribution in [3.63, 3.8) is 0 Å². The molecule has 1 unspecified atom stereocenters. The summed E-state index contributed by atoms with van der Waals surface area (Å²) >= 11 is 1.63. The summed E-state index contributed by atoms with van der Waals surface area (Å²) in [6, 6.07) is 14.7. The van der Waals surface area contributed by atoms with Crippen LogP contribution in [-0.4, -0.2) is 28.4 Å². The lowest BCUT2D eigenvalue weighted by Crippen LogP contribution is -2.32. The molecule has 0 bridgehead atoms. The number of thiazole rings is 1. The van der Waals surface area contributed by atoms with Crippen molar-refractivity contribution >= 4 is 28.6 Å². The van der Waals surface area contributed by atoms with E-state index in [0.717, 1.165) is 40.7 Å². The highest BCUT2D eigenvalue weighted by atomic mass is 32.1. The summed E-state index contributed by atoms with van der Waals surface area (Å²) in [5.74, 6) is 0.551. The average molecular weight is 435 g/mol. The molecule has 1 atom stereocenters. The van der Waals surface area contributed by atoms with Crippen molar-refractivity contribution in [3.8, 4) is 11.3 Å². The summed E-state index contributed by atoms with van der Waals surface area (Å²) in [4.78, 5) is 19.6. The summed E-state index contributed by atoms with van der Waals surface area (Å²) in [7, 11) is 0. The van der Waals surface area contributed by atoms with Crippen LogP contribution in [0.5, 0.6) is 0 Å². The third kappa shape index (κ3) is 4.97. The average Bonchev–Trinajstić information content (AvgIpc) is 3.38. The van der Waals surface area contributed by atoms with Gasteiger partial charge in [0.25, 0.3) is 0 Å². The van der Waals surface area contributed by atoms with Crippen molar-refractivity contribution in [2.75, 3.05) is 17.2 Å². The van der Waals surface area contributed by atoms with Crippen LogP contribution in [0.1, 0.15) is 36.9 Å². The van der Waals surface area contributed by atoms with Gasteiger partial charge in [-0.05, 0) is 49.1 Å². The largest absolute Gasteiger partial charge is 0.376 e. The highest BCUT2D eigenvalue weighted by Crippen LogP contribution is 2.32. The number of aryl methyl sites for hydroxylation is 1. The first-order valence-corrected chi connectivity index (χ1v) is 11.7. The van der Waals surface area contributed by atoms with Gasteiger partial charge in [0.1, 0.15) is 0 Å². The fourth-order valence-corrected chi connectivity index (χ4v) is 4.58. The molecule has 31 heavy (non-hydrogen) atoms. The first kappa shape index (κ1) is 21.5. The molecule has 2 aromatic carbocycles. The quantitative estimate of drug-likeness (QED) is 0.513. The van der Waals surface area contributed by atoms with Gasteiger partial charge in [-0.25, -0.2) is 4.98 Å². The number of hydrogen-bond acceptors (Lipinski definition) is 5. The number of hydrogen-bond donors (Lipinski definition) is 2. The van der Waals surface area contributed by atoms with Gasteiger partial charge in [0.2, 0.25) is 5.91 Å². The summed E-state index contributed by atoms with van der Waals surface area (Å²) in [6.45, 7) is 10.9. The predicted octanol–water partition coefficient (Wildman–Crippen LogP) is 5.53. The second kappa shape index (κ2) is 9.20. The van der Waals surface area contributed by atoms with Gasteiger partial charge in [0, 0.05) is 41.4 Å². The molecule has 2 heterocycles. The summed E-state index contributed by atoms with van der Waals surface area (Å²) in [5, 5.41) is 9.43. The van der Waals surface area contributed by atoms with Crippen molar-refractivity contribution in [2.24, 2.45) is 5.92 Å². The Balaban J connectivity index is 1.38. The number of benzene rings is 2. The first-order valence-electron chi connectivity index (χ1n) is 10.8. The molecule has 0 saturated heterocycles. The highest BCUT2D eigenvalue weighted by Gasteiger charge is 2.26. The standard InChI is InChI=1S/C25H30N4OS/c1-16(2)17(3)29-13-20-8-6-10-23(22(20)14-29)26-12-25(30)28-21-9-5-7-19(11-21)24-15-31-18(4)27-24/h5-11,15-17,26H,12-14H2,1-4H3,(H,28,30). The third-order valence-corrected chi connectivity index (χ3v) is 6.82. The fraction of sp³-hybridized carbons (Fsp3) is 0.360. The second-order valence-corrected chi connectivity index (χ2v) is 9.63. The number of fused-ring (bicyclic) bond motifs is 1. The van der Waals surface area contributed by atoms with Gasteiger partial charge in [-0.15, -0.1) is 11.3 Å². The normalized spacial score (nSPS) is 14.5. The molecule has 6 heteroatoms. The Morgan fingerprint density at radius 1 is 1.16 bits per heavy atom. The van der Waals surface area contributed by atoms with Crippen molar-refractivity contribution in [1.82, 2.24) is 9.88 Å². The molecule has 4 rings (SSSR count). The molecule has 0 saturated carbocycles. The Hall–Kier alpha value is -2.70. The topological polar surface area (TPSA) is 57.3 Å². The third-order valence-electron chi connectivity index (χ3n) is 6.05. The molecule has 0 fully saturated rings. The maximum absolute atomic E-state index is 12.6. The van der Waals surface area contributed by atoms with Crippen molar-refractivity contribution in [2.45, 2.75) is 46.8 Å². The smallest absolute Gasteiger partial charge is 0.243 e. The predicted molar refractivity (Wildman–Crippen MR) is 129 cm³/mol. The van der Waals surface area contributed by atoms with Gasteiger partial charge >= 0.3 is 0 Å². The maximum atomic E-state index is 12.6. The van der Waals surface area contributed by atoms with Gasteiger partial charge in [-0.2, -0.15) is 0 Å². The minimum atomic E-state index is -0.0605. The van der Waals surface area contributed by atoms with Crippen LogP contribution in [0.15, 0.2) is 47.8 Å². The van der Waals surface area contributed by atoms with Gasteiger partial charge in [-0.1, -0.05) is 38.1 Å². The van der Waals surface area contributed by atoms with Gasteiger partial charge < -0.3 is 10.6 Å². The zero-order valence-electron chi connectivity index (χ0n) is 18.6. The van der Waals surface area contributed by atoms with E-state index in [1.807, 2.05) is 36.6 Å². The molecule has 0 aliphatic carbocycles. The van der Waals surface area contributed by atoms with Crippen LogP contribution in [0, 0.1) is 12.8 Å². The summed E-state index contributed by atoms with van der Waals surface area (Å²) in [5.41, 5.74) is 6.45. The summed E-state index contributed by atoms with van der Waals surface area (Å²) < 4.78 is 0. The van der Waals surface area contributed by atoms with E-state index in [1.54, 1.807) is 11.3 Å². The van der Waals surface area contributed by atoms with Crippen molar-refractivity contribution < 1.29 is 4.79 Å². The number of nitrogens with one attached hydrogen (secondary N) is 2. The number of amides is 1. The molecule has 3 aromatic rings. The van der Waals surface area contributed by atoms with Crippen LogP contribution in [0.25, 0.3) is 11.3 Å². The molecular formula is C25H30N4OS. The van der Waals surface area contributed by atoms with Crippen LogP contribution in [0.2, 0.25) is 0 Å². The molecule has 5 nitrogen and oxygen atoms in total. The van der Waals surface area contributed by atoms with E-state index in [9.17, 15) is 4.79 Å². The summed E-state index contributed by atoms with van der Waals surface area (Å²) in [6.07, 6.45) is 0. The van der Waals surface area contributed by atoms with Gasteiger partial charge in [-0.3, -0.25) is 9.69 Å². The van der Waals surface area contributed by atoms with Crippen LogP contribution in [0.3, 0.4) is 0 Å². The van der Waals surface area contributed by atoms with E-state index < -0.39 is 0 Å².